The number of hydrogen-bond donors (Lipinski definition) is 3. The van der Waals surface area contributed by atoms with Crippen LogP contribution in [0.1, 0.15) is 13.8 Å². The molecule has 15 heavy (non-hydrogen) atoms. The number of ether oxygens (including phenoxy) is 2. The number of allylic oxidation sites excluding steroid dienone is 1. The topological polar surface area (TPSA) is 88.0 Å². The Balaban J connectivity index is 3.64. The number of amides is 1. The van der Waals surface area contributed by atoms with Gasteiger partial charge in [0.15, 0.2) is 6.23 Å². The first kappa shape index (κ1) is 13.7. The first-order valence-electron chi connectivity index (χ1n) is 4.59. The highest BCUT2D eigenvalue weighted by molar-refractivity contribution is 5.67. The summed E-state index contributed by atoms with van der Waals surface area (Å²) in [6, 6.07) is 0. The van der Waals surface area contributed by atoms with Gasteiger partial charge in [-0.2, -0.15) is 0 Å². The molecule has 6 nitrogen and oxygen atoms in total. The summed E-state index contributed by atoms with van der Waals surface area (Å²) in [4.78, 5) is 11.0. The van der Waals surface area contributed by atoms with E-state index in [4.69, 9.17) is 14.9 Å². The highest BCUT2D eigenvalue weighted by Crippen LogP contribution is 1.90. The Morgan fingerprint density at radius 3 is 2.80 bits per heavy atom. The molecule has 0 aromatic rings. The molecule has 0 radical (unpaired) electrons. The molecule has 0 spiro atoms. The van der Waals surface area contributed by atoms with Crippen LogP contribution in [0.4, 0.5) is 4.79 Å². The average Bonchev–Trinajstić information content (AvgIpc) is 2.22. The number of rotatable bonds is 6. The second kappa shape index (κ2) is 8.07. The summed E-state index contributed by atoms with van der Waals surface area (Å²) in [5, 5.41) is 19.7. The van der Waals surface area contributed by atoms with Gasteiger partial charge in [0, 0.05) is 0 Å². The van der Waals surface area contributed by atoms with Crippen LogP contribution in [0.2, 0.25) is 0 Å². The fraction of sp³-hybridized carbons (Fsp3) is 0.667. The fourth-order valence-electron chi connectivity index (χ4n) is 0.663. The Morgan fingerprint density at radius 2 is 2.27 bits per heavy atom. The SMILES string of the molecule is CC=COC(C)NC(=O)OCC(O)CO. The van der Waals surface area contributed by atoms with Gasteiger partial charge in [-0.25, -0.2) is 4.79 Å². The predicted molar refractivity (Wildman–Crippen MR) is 52.9 cm³/mol. The fourth-order valence-corrected chi connectivity index (χ4v) is 0.663. The average molecular weight is 219 g/mol. The van der Waals surface area contributed by atoms with Crippen LogP contribution in [0.25, 0.3) is 0 Å². The van der Waals surface area contributed by atoms with Gasteiger partial charge in [-0.1, -0.05) is 6.08 Å². The maximum absolute atomic E-state index is 11.0. The Labute approximate surface area is 88.5 Å². The maximum atomic E-state index is 11.0. The van der Waals surface area contributed by atoms with E-state index in [0.717, 1.165) is 0 Å². The molecule has 0 aliphatic carbocycles. The smallest absolute Gasteiger partial charge is 0.410 e. The van der Waals surface area contributed by atoms with E-state index in [0.29, 0.717) is 0 Å². The molecular formula is C9H17NO5. The van der Waals surface area contributed by atoms with Crippen molar-refractivity contribution in [1.82, 2.24) is 5.32 Å². The lowest BCUT2D eigenvalue weighted by molar-refractivity contribution is 0.0256. The van der Waals surface area contributed by atoms with Crippen LogP contribution in [0, 0.1) is 0 Å². The van der Waals surface area contributed by atoms with E-state index in [9.17, 15) is 4.79 Å². The molecule has 88 valence electrons. The number of aliphatic hydroxyl groups is 2. The molecule has 6 heteroatoms. The van der Waals surface area contributed by atoms with Crippen molar-refractivity contribution in [2.24, 2.45) is 0 Å². The Morgan fingerprint density at radius 1 is 1.60 bits per heavy atom. The highest BCUT2D eigenvalue weighted by Gasteiger charge is 2.10. The molecule has 0 fully saturated rings. The number of carbonyl (C=O) groups excluding carboxylic acids is 1. The van der Waals surface area contributed by atoms with Gasteiger partial charge in [-0.15, -0.1) is 0 Å². The van der Waals surface area contributed by atoms with Gasteiger partial charge >= 0.3 is 6.09 Å². The second-order valence-electron chi connectivity index (χ2n) is 2.83. The number of carbonyl (C=O) groups is 1. The molecule has 1 amide bonds. The van der Waals surface area contributed by atoms with Crippen molar-refractivity contribution in [2.75, 3.05) is 13.2 Å². The number of hydrogen-bond acceptors (Lipinski definition) is 5. The van der Waals surface area contributed by atoms with Crippen LogP contribution in [-0.4, -0.2) is 41.9 Å². The van der Waals surface area contributed by atoms with Crippen molar-refractivity contribution >= 4 is 6.09 Å². The number of nitrogens with one attached hydrogen (secondary N) is 1. The molecule has 0 heterocycles. The van der Waals surface area contributed by atoms with Crippen LogP contribution in [0.5, 0.6) is 0 Å². The summed E-state index contributed by atoms with van der Waals surface area (Å²) in [5.41, 5.74) is 0. The summed E-state index contributed by atoms with van der Waals surface area (Å²) < 4.78 is 9.57. The van der Waals surface area contributed by atoms with Crippen molar-refractivity contribution in [3.63, 3.8) is 0 Å². The largest absolute Gasteiger partial charge is 0.479 e. The number of alkyl carbamates (subject to hydrolysis) is 1. The lowest BCUT2D eigenvalue weighted by Crippen LogP contribution is -2.36. The summed E-state index contributed by atoms with van der Waals surface area (Å²) in [5.74, 6) is 0. The van der Waals surface area contributed by atoms with Crippen LogP contribution in [0.3, 0.4) is 0 Å². The highest BCUT2D eigenvalue weighted by atomic mass is 16.6. The molecule has 2 unspecified atom stereocenters. The minimum atomic E-state index is -1.05. The van der Waals surface area contributed by atoms with E-state index < -0.39 is 25.0 Å². The third-order valence-electron chi connectivity index (χ3n) is 1.36. The molecule has 0 aliphatic heterocycles. The van der Waals surface area contributed by atoms with Gasteiger partial charge in [0.05, 0.1) is 12.9 Å². The zero-order valence-corrected chi connectivity index (χ0v) is 8.84. The summed E-state index contributed by atoms with van der Waals surface area (Å²) in [7, 11) is 0. The van der Waals surface area contributed by atoms with E-state index in [2.05, 4.69) is 10.1 Å². The lowest BCUT2D eigenvalue weighted by Gasteiger charge is -2.14. The van der Waals surface area contributed by atoms with Gasteiger partial charge in [-0.05, 0) is 13.8 Å². The van der Waals surface area contributed by atoms with Crippen LogP contribution >= 0.6 is 0 Å². The monoisotopic (exact) mass is 219 g/mol. The van der Waals surface area contributed by atoms with Gasteiger partial charge in [0.2, 0.25) is 0 Å². The Kier molecular flexibility index (Phi) is 7.39. The minimum Gasteiger partial charge on any atom is -0.479 e. The van der Waals surface area contributed by atoms with E-state index in [-0.39, 0.29) is 6.61 Å². The maximum Gasteiger partial charge on any atom is 0.410 e. The van der Waals surface area contributed by atoms with Gasteiger partial charge in [-0.3, -0.25) is 5.32 Å². The van der Waals surface area contributed by atoms with E-state index in [1.165, 1.54) is 6.26 Å². The Hall–Kier alpha value is -1.27. The van der Waals surface area contributed by atoms with Crippen molar-refractivity contribution in [3.05, 3.63) is 12.3 Å². The van der Waals surface area contributed by atoms with Gasteiger partial charge in [0.1, 0.15) is 12.7 Å². The van der Waals surface area contributed by atoms with Crippen molar-refractivity contribution in [2.45, 2.75) is 26.2 Å². The summed E-state index contributed by atoms with van der Waals surface area (Å²) >= 11 is 0. The third-order valence-corrected chi connectivity index (χ3v) is 1.36. The molecule has 0 rings (SSSR count). The second-order valence-corrected chi connectivity index (χ2v) is 2.83. The first-order chi connectivity index (χ1) is 7.10. The molecule has 2 atom stereocenters. The molecular weight excluding hydrogens is 202 g/mol. The minimum absolute atomic E-state index is 0.251. The molecule has 3 N–H and O–H groups in total. The molecule has 0 aromatic carbocycles. The van der Waals surface area contributed by atoms with E-state index in [1.54, 1.807) is 19.9 Å². The van der Waals surface area contributed by atoms with Gasteiger partial charge < -0.3 is 19.7 Å². The van der Waals surface area contributed by atoms with Crippen molar-refractivity contribution in [1.29, 1.82) is 0 Å². The third kappa shape index (κ3) is 7.77. The first-order valence-corrected chi connectivity index (χ1v) is 4.59. The Bertz CT molecular complexity index is 207. The molecule has 0 saturated carbocycles. The number of aliphatic hydroxyl groups excluding tert-OH is 2. The van der Waals surface area contributed by atoms with Crippen molar-refractivity contribution in [3.8, 4) is 0 Å². The predicted octanol–water partition coefficient (Wildman–Crippen LogP) is -0.0380. The summed E-state index contributed by atoms with van der Waals surface area (Å²) in [6.07, 6.45) is 0.842. The standard InChI is InChI=1S/C9H17NO5/c1-3-4-14-7(2)10-9(13)15-6-8(12)5-11/h3-4,7-8,11-12H,5-6H2,1-2H3,(H,10,13). The normalized spacial score (nSPS) is 14.7. The zero-order valence-electron chi connectivity index (χ0n) is 8.84. The lowest BCUT2D eigenvalue weighted by atomic mass is 10.4. The van der Waals surface area contributed by atoms with Crippen molar-refractivity contribution < 1.29 is 24.5 Å². The van der Waals surface area contributed by atoms with E-state index in [1.807, 2.05) is 0 Å². The van der Waals surface area contributed by atoms with E-state index >= 15 is 0 Å². The summed E-state index contributed by atoms with van der Waals surface area (Å²) in [6.45, 7) is 2.71. The van der Waals surface area contributed by atoms with Crippen LogP contribution < -0.4 is 5.32 Å². The quantitative estimate of drug-likeness (QED) is 0.431. The zero-order chi connectivity index (χ0) is 11.7. The van der Waals surface area contributed by atoms with Crippen LogP contribution in [0.15, 0.2) is 12.3 Å². The molecule has 0 aromatic heterocycles. The molecule has 0 aliphatic rings. The van der Waals surface area contributed by atoms with Crippen LogP contribution in [-0.2, 0) is 9.47 Å². The molecule has 0 bridgehead atoms. The molecule has 0 saturated heterocycles. The van der Waals surface area contributed by atoms with Gasteiger partial charge in [0.25, 0.3) is 0 Å².